The van der Waals surface area contributed by atoms with E-state index in [9.17, 15) is 9.90 Å². The second kappa shape index (κ2) is 8.78. The van der Waals surface area contributed by atoms with Gasteiger partial charge >= 0.3 is 171 Å². The zero-order valence-electron chi connectivity index (χ0n) is 16.3. The van der Waals surface area contributed by atoms with Gasteiger partial charge in [0.05, 0.1) is 0 Å². The van der Waals surface area contributed by atoms with E-state index in [1.807, 2.05) is 13.1 Å². The van der Waals surface area contributed by atoms with Gasteiger partial charge in [0.25, 0.3) is 0 Å². The van der Waals surface area contributed by atoms with Gasteiger partial charge in [0, 0.05) is 0 Å². The minimum absolute atomic E-state index is 0.116. The van der Waals surface area contributed by atoms with Gasteiger partial charge in [-0.15, -0.1) is 0 Å². The molecule has 6 heteroatoms. The van der Waals surface area contributed by atoms with Gasteiger partial charge in [-0.1, -0.05) is 0 Å². The van der Waals surface area contributed by atoms with Gasteiger partial charge in [0.2, 0.25) is 0 Å². The van der Waals surface area contributed by atoms with Crippen LogP contribution in [0.1, 0.15) is 20.5 Å². The van der Waals surface area contributed by atoms with Gasteiger partial charge < -0.3 is 5.32 Å². The van der Waals surface area contributed by atoms with Crippen LogP contribution in [0.15, 0.2) is 54.6 Å². The molecule has 148 valence electrons. The number of nitrogens with zero attached hydrogens (tertiary/aromatic N) is 2. The molecule has 1 fully saturated rings. The molecule has 3 aromatic rings. The fraction of sp³-hybridized carbons (Fsp3) is 0.217. The number of nitrogens with one attached hydrogen (secondary N) is 1. The molecule has 4 rings (SSSR count). The molecule has 1 aliphatic heterocycles. The molecule has 2 aromatic carbocycles. The van der Waals surface area contributed by atoms with E-state index in [0.29, 0.717) is 5.56 Å². The summed E-state index contributed by atoms with van der Waals surface area (Å²) in [5, 5.41) is 12.6. The molecule has 2 N–H and O–H groups in total. The van der Waals surface area contributed by atoms with E-state index in [0.717, 1.165) is 36.0 Å². The Balaban J connectivity index is 1.44. The fourth-order valence-corrected chi connectivity index (χ4v) is 5.79. The maximum absolute atomic E-state index is 11.2. The first-order valence-electron chi connectivity index (χ1n) is 9.68. The van der Waals surface area contributed by atoms with Crippen LogP contribution in [0.25, 0.3) is 21.9 Å². The van der Waals surface area contributed by atoms with Gasteiger partial charge in [-0.3, -0.25) is 0 Å². The number of allylic oxidation sites excluding steroid dienone is 2. The Morgan fingerprint density at radius 2 is 1.83 bits per heavy atom. The van der Waals surface area contributed by atoms with Gasteiger partial charge in [-0.2, -0.15) is 0 Å². The number of anilines is 1. The van der Waals surface area contributed by atoms with E-state index >= 15 is 0 Å². The van der Waals surface area contributed by atoms with E-state index in [1.165, 1.54) is 15.8 Å². The Hall–Kier alpha value is -2.66. The number of hydrogen-bond acceptors (Lipinski definition) is 3. The molecule has 29 heavy (non-hydrogen) atoms. The number of piperazine rings is 1. The third-order valence-corrected chi connectivity index (χ3v) is 7.57. The van der Waals surface area contributed by atoms with E-state index in [-0.39, 0.29) is 14.5 Å². The average molecular weight is 453 g/mol. The predicted octanol–water partition coefficient (Wildman–Crippen LogP) is 2.56. The van der Waals surface area contributed by atoms with E-state index in [2.05, 4.69) is 63.4 Å². The molecule has 0 bridgehead atoms. The Morgan fingerprint density at radius 1 is 1.10 bits per heavy atom. The molecule has 0 atom stereocenters. The molecule has 2 heterocycles. The quantitative estimate of drug-likeness (QED) is 0.354. The summed E-state index contributed by atoms with van der Waals surface area (Å²) in [5.74, 6) is -0.874. The molecule has 0 unspecified atom stereocenters. The first-order valence-corrected chi connectivity index (χ1v) is 11.4. The molecule has 0 radical (unpaired) electrons. The average Bonchev–Trinajstić information content (AvgIpc) is 3.07. The number of benzene rings is 2. The number of rotatable bonds is 5. The molecule has 0 aliphatic carbocycles. The van der Waals surface area contributed by atoms with Crippen molar-refractivity contribution in [2.75, 3.05) is 31.1 Å². The van der Waals surface area contributed by atoms with Gasteiger partial charge in [0.1, 0.15) is 0 Å². The summed E-state index contributed by atoms with van der Waals surface area (Å²) in [4.78, 5) is 13.6. The zero-order valence-corrected chi connectivity index (χ0v) is 18.1. The summed E-state index contributed by atoms with van der Waals surface area (Å²) in [5.41, 5.74) is 3.91. The summed E-state index contributed by atoms with van der Waals surface area (Å²) >= 11 is 0.116. The second-order valence-corrected chi connectivity index (χ2v) is 9.26. The van der Waals surface area contributed by atoms with Crippen LogP contribution in [-0.2, 0) is 7.05 Å². The molecular formula is C23H24N3O2Se+. The Labute approximate surface area is 176 Å². The molecule has 1 aliphatic rings. The van der Waals surface area contributed by atoms with Crippen LogP contribution in [0.3, 0.4) is 0 Å². The second-order valence-electron chi connectivity index (χ2n) is 7.03. The molecule has 1 aromatic heterocycles. The SMILES string of the molecule is C[n+]1c(/C=C/C=C/c2ccc(N3CCNCC3)cc2)[se]c2cc(C(=O)O)ccc21. The molecular weight excluding hydrogens is 429 g/mol. The standard InChI is InChI=1S/C23H23N3O2Se/c1-25-20-11-8-18(23(27)28)16-21(20)29-22(25)5-3-2-4-17-6-9-19(10-7-17)26-14-12-24-13-15-26/h2-11,16,24H,12-15H2,1H3/p+1. The van der Waals surface area contributed by atoms with Crippen LogP contribution >= 0.6 is 0 Å². The topological polar surface area (TPSA) is 56.5 Å². The number of hydrogen-bond donors (Lipinski definition) is 2. The Kier molecular flexibility index (Phi) is 5.95. The monoisotopic (exact) mass is 454 g/mol. The van der Waals surface area contributed by atoms with Crippen molar-refractivity contribution in [3.05, 3.63) is 70.3 Å². The number of aromatic nitrogens is 1. The third kappa shape index (κ3) is 4.51. The van der Waals surface area contributed by atoms with Crippen molar-refractivity contribution in [2.24, 2.45) is 7.05 Å². The number of carboxylic acids is 1. The summed E-state index contributed by atoms with van der Waals surface area (Å²) in [7, 11) is 2.03. The van der Waals surface area contributed by atoms with Crippen LogP contribution < -0.4 is 14.8 Å². The molecule has 1 saturated heterocycles. The molecule has 0 amide bonds. The number of carbonyl (C=O) groups is 1. The first-order chi connectivity index (χ1) is 14.1. The van der Waals surface area contributed by atoms with Crippen molar-refractivity contribution >= 4 is 48.1 Å². The fourth-order valence-electron chi connectivity index (χ4n) is 3.48. The summed E-state index contributed by atoms with van der Waals surface area (Å²) in [6, 6.07) is 14.1. The third-order valence-electron chi connectivity index (χ3n) is 5.13. The van der Waals surface area contributed by atoms with Crippen molar-refractivity contribution in [1.82, 2.24) is 5.32 Å². The molecule has 0 spiro atoms. The molecule has 0 saturated carbocycles. The minimum atomic E-state index is -0.874. The zero-order chi connectivity index (χ0) is 20.2. The number of aromatic carboxylic acids is 1. The number of aryl methyl sites for hydroxylation is 1. The maximum atomic E-state index is 11.2. The van der Waals surface area contributed by atoms with Crippen LogP contribution in [0.5, 0.6) is 0 Å². The summed E-state index contributed by atoms with van der Waals surface area (Å²) in [6.07, 6.45) is 8.34. The van der Waals surface area contributed by atoms with Crippen LogP contribution in [0.2, 0.25) is 0 Å². The predicted molar refractivity (Wildman–Crippen MR) is 119 cm³/mol. The van der Waals surface area contributed by atoms with Gasteiger partial charge in [0.15, 0.2) is 0 Å². The van der Waals surface area contributed by atoms with E-state index in [4.69, 9.17) is 0 Å². The Morgan fingerprint density at radius 3 is 2.55 bits per heavy atom. The van der Waals surface area contributed by atoms with Crippen LogP contribution in [0, 0.1) is 0 Å². The van der Waals surface area contributed by atoms with Crippen LogP contribution in [0.4, 0.5) is 5.69 Å². The van der Waals surface area contributed by atoms with Crippen molar-refractivity contribution < 1.29 is 14.5 Å². The van der Waals surface area contributed by atoms with Gasteiger partial charge in [-0.05, 0) is 0 Å². The van der Waals surface area contributed by atoms with Crippen molar-refractivity contribution in [1.29, 1.82) is 0 Å². The van der Waals surface area contributed by atoms with E-state index < -0.39 is 5.97 Å². The normalized spacial score (nSPS) is 15.0. The summed E-state index contributed by atoms with van der Waals surface area (Å²) < 4.78 is 4.48. The molecule has 5 nitrogen and oxygen atoms in total. The first kappa shape index (κ1) is 19.6. The Bertz CT molecular complexity index is 1080. The van der Waals surface area contributed by atoms with Gasteiger partial charge in [-0.25, -0.2) is 0 Å². The van der Waals surface area contributed by atoms with Crippen LogP contribution in [-0.4, -0.2) is 51.8 Å². The number of carboxylic acid groups (broad SMARTS) is 1. The van der Waals surface area contributed by atoms with Crippen molar-refractivity contribution in [2.45, 2.75) is 0 Å². The van der Waals surface area contributed by atoms with E-state index in [1.54, 1.807) is 12.1 Å². The van der Waals surface area contributed by atoms with Crippen molar-refractivity contribution in [3.63, 3.8) is 0 Å². The number of fused-ring (bicyclic) bond motifs is 1. The van der Waals surface area contributed by atoms with Crippen molar-refractivity contribution in [3.8, 4) is 0 Å². The summed E-state index contributed by atoms with van der Waals surface area (Å²) in [6.45, 7) is 4.20.